The first-order chi connectivity index (χ1) is 30.5. The Morgan fingerprint density at radius 2 is 0.694 bits per heavy atom. The van der Waals surface area contributed by atoms with Crippen LogP contribution in [0.15, 0.2) is 78.4 Å². The Bertz CT molecular complexity index is 1620. The van der Waals surface area contributed by atoms with Crippen LogP contribution in [0.2, 0.25) is 0 Å². The van der Waals surface area contributed by atoms with Gasteiger partial charge in [-0.1, -0.05) is 224 Å². The van der Waals surface area contributed by atoms with Crippen LogP contribution < -0.4 is 0 Å². The Morgan fingerprint density at radius 3 is 1.03 bits per heavy atom. The van der Waals surface area contributed by atoms with Crippen molar-refractivity contribution in [2.45, 2.75) is 227 Å². The molecule has 0 bridgehead atoms. The van der Waals surface area contributed by atoms with Gasteiger partial charge in [-0.3, -0.25) is 0 Å². The highest BCUT2D eigenvalue weighted by molar-refractivity contribution is 6.15. The first-order valence-electron chi connectivity index (χ1n) is 26.3. The van der Waals surface area contributed by atoms with E-state index >= 15 is 0 Å². The molecule has 0 spiro atoms. The smallest absolute Gasteiger partial charge is 0.215 e. The van der Waals surface area contributed by atoms with Gasteiger partial charge in [0.25, 0.3) is 0 Å². The third kappa shape index (κ3) is 22.1. The molecule has 2 aromatic carbocycles. The van der Waals surface area contributed by atoms with Crippen LogP contribution in [0.1, 0.15) is 261 Å². The normalized spacial score (nSPS) is 14.1. The van der Waals surface area contributed by atoms with E-state index in [0.717, 1.165) is 66.6 Å². The molecule has 2 heteroatoms. The Morgan fingerprint density at radius 1 is 0.371 bits per heavy atom. The van der Waals surface area contributed by atoms with Gasteiger partial charge in [-0.15, -0.1) is 0 Å². The van der Waals surface area contributed by atoms with Crippen molar-refractivity contribution in [3.05, 3.63) is 118 Å². The maximum absolute atomic E-state index is 9.83. The van der Waals surface area contributed by atoms with Crippen LogP contribution in [0.25, 0.3) is 35.8 Å². The van der Waals surface area contributed by atoms with Crippen LogP contribution in [0.3, 0.4) is 0 Å². The average Bonchev–Trinajstić information content (AvgIpc) is 3.61. The number of allylic oxidation sites excluding steroid dienone is 7. The predicted molar refractivity (Wildman–Crippen MR) is 281 cm³/mol. The molecule has 0 aliphatic carbocycles. The molecule has 62 heavy (non-hydrogen) atoms. The lowest BCUT2D eigenvalue weighted by Crippen LogP contribution is -2.12. The Kier molecular flexibility index (Phi) is 29.6. The van der Waals surface area contributed by atoms with Crippen molar-refractivity contribution in [2.75, 3.05) is 0 Å². The fraction of sp³-hybridized carbons (Fsp3) is 0.583. The molecule has 2 aromatic rings. The second-order valence-electron chi connectivity index (χ2n) is 18.3. The zero-order chi connectivity index (χ0) is 44.3. The van der Waals surface area contributed by atoms with E-state index in [4.69, 9.17) is 0 Å². The van der Waals surface area contributed by atoms with E-state index in [-0.39, 0.29) is 0 Å². The van der Waals surface area contributed by atoms with Gasteiger partial charge in [0, 0.05) is 22.8 Å². The van der Waals surface area contributed by atoms with E-state index in [1.54, 1.807) is 4.68 Å². The summed E-state index contributed by atoms with van der Waals surface area (Å²) < 4.78 is 1.74. The van der Waals surface area contributed by atoms with Crippen LogP contribution in [0.5, 0.6) is 0 Å². The van der Waals surface area contributed by atoms with Gasteiger partial charge < -0.3 is 5.84 Å². The molecule has 342 valence electrons. The summed E-state index contributed by atoms with van der Waals surface area (Å²) in [7, 11) is 0. The number of hydrogen-bond acceptors (Lipinski definition) is 0. The van der Waals surface area contributed by atoms with E-state index in [1.807, 2.05) is 0 Å². The zero-order valence-corrected chi connectivity index (χ0v) is 40.9. The maximum Gasteiger partial charge on any atom is 0.215 e. The Hall–Kier alpha value is -3.65. The summed E-state index contributed by atoms with van der Waals surface area (Å²) in [5.41, 5.74) is 10.3. The summed E-state index contributed by atoms with van der Waals surface area (Å²) >= 11 is 0. The molecule has 0 saturated carbocycles. The quantitative estimate of drug-likeness (QED) is 0.0483. The van der Waals surface area contributed by atoms with Gasteiger partial charge in [-0.2, -0.15) is 0 Å². The second kappa shape index (κ2) is 34.8. The molecule has 1 N–H and O–H groups in total. The summed E-state index contributed by atoms with van der Waals surface area (Å²) in [6.07, 6.45) is 61.8. The van der Waals surface area contributed by atoms with Crippen LogP contribution in [0.4, 0.5) is 0 Å². The SMILES string of the molecule is CCCC=C1C=C(c2cc(C=CCCCCCCCC)cc(C=CCCCCCCCC)c2)[N+]([NH-])=C1c1cc(C=CCCCCCCCC)cc(C=CCCCCCCCC)c1. The Balaban J connectivity index is 1.97. The second-order valence-corrected chi connectivity index (χ2v) is 18.3. The summed E-state index contributed by atoms with van der Waals surface area (Å²) in [5, 5.41) is 0. The van der Waals surface area contributed by atoms with Crippen LogP contribution in [-0.2, 0) is 0 Å². The highest BCUT2D eigenvalue weighted by Crippen LogP contribution is 2.32. The minimum atomic E-state index is 0.961. The monoisotopic (exact) mass is 841 g/mol. The topological polar surface area (TPSA) is 26.8 Å². The van der Waals surface area contributed by atoms with Crippen LogP contribution in [0, 0.1) is 0 Å². The minimum absolute atomic E-state index is 0.961. The number of benzene rings is 2. The van der Waals surface area contributed by atoms with E-state index in [2.05, 4.69) is 132 Å². The zero-order valence-electron chi connectivity index (χ0n) is 40.9. The molecule has 1 aliphatic rings. The molecule has 0 amide bonds. The van der Waals surface area contributed by atoms with Gasteiger partial charge in [-0.05, 0) is 116 Å². The molecule has 0 fully saturated rings. The highest BCUT2D eigenvalue weighted by atomic mass is 15.3. The average molecular weight is 841 g/mol. The van der Waals surface area contributed by atoms with E-state index in [1.165, 1.54) is 176 Å². The third-order valence-electron chi connectivity index (χ3n) is 12.3. The lowest BCUT2D eigenvalue weighted by atomic mass is 9.96. The molecule has 0 atom stereocenters. The van der Waals surface area contributed by atoms with E-state index in [0.29, 0.717) is 0 Å². The van der Waals surface area contributed by atoms with Crippen LogP contribution in [-0.4, -0.2) is 10.4 Å². The molecule has 0 aromatic heterocycles. The fourth-order valence-electron chi connectivity index (χ4n) is 8.56. The predicted octanol–water partition coefficient (Wildman–Crippen LogP) is 20.3. The molecule has 0 unspecified atom stereocenters. The largest absolute Gasteiger partial charge is 0.448 e. The number of nitrogens with zero attached hydrogens (tertiary/aromatic N) is 1. The van der Waals surface area contributed by atoms with Crippen molar-refractivity contribution in [3.63, 3.8) is 0 Å². The number of nitrogens with one attached hydrogen (secondary N) is 1. The minimum Gasteiger partial charge on any atom is -0.448 e. The fourth-order valence-corrected chi connectivity index (χ4v) is 8.56. The molecule has 0 radical (unpaired) electrons. The van der Waals surface area contributed by atoms with Gasteiger partial charge in [-0.25, -0.2) is 4.68 Å². The molecule has 1 aliphatic heterocycles. The molecular formula is C60H92N2. The molecule has 3 rings (SSSR count). The lowest BCUT2D eigenvalue weighted by molar-refractivity contribution is -0.347. The van der Waals surface area contributed by atoms with Crippen molar-refractivity contribution >= 4 is 35.7 Å². The van der Waals surface area contributed by atoms with Gasteiger partial charge in [0.05, 0.1) is 0 Å². The summed E-state index contributed by atoms with van der Waals surface area (Å²) in [4.78, 5) is 0. The molecule has 0 saturated heterocycles. The van der Waals surface area contributed by atoms with Gasteiger partial charge in [0.1, 0.15) is 0 Å². The first kappa shape index (κ1) is 52.7. The van der Waals surface area contributed by atoms with E-state index in [9.17, 15) is 5.84 Å². The van der Waals surface area contributed by atoms with Gasteiger partial charge in [0.15, 0.2) is 0 Å². The molecule has 1 heterocycles. The molecule has 2 nitrogen and oxygen atoms in total. The van der Waals surface area contributed by atoms with E-state index < -0.39 is 0 Å². The van der Waals surface area contributed by atoms with Gasteiger partial charge >= 0.3 is 0 Å². The van der Waals surface area contributed by atoms with Crippen molar-refractivity contribution < 1.29 is 4.68 Å². The number of rotatable bonds is 36. The number of hydrogen-bond donors (Lipinski definition) is 0. The summed E-state index contributed by atoms with van der Waals surface area (Å²) in [5.74, 6) is 9.83. The summed E-state index contributed by atoms with van der Waals surface area (Å²) in [6.45, 7) is 11.4. The Labute approximate surface area is 383 Å². The number of unbranched alkanes of at least 4 members (excludes halogenated alkanes) is 25. The highest BCUT2D eigenvalue weighted by Gasteiger charge is 2.29. The lowest BCUT2D eigenvalue weighted by Gasteiger charge is -2.11. The standard InChI is InChI=1S/C60H92N2/c1-6-11-16-20-24-28-32-36-40-52-45-53(41-37-33-29-25-21-17-12-7-2)48-57(47-52)59-51-56(44-15-10-5)60(62(59)61)58-49-54(42-38-34-30-26-22-18-13-8-3)46-55(50-58)43-39-35-31-27-23-19-14-9-4/h36-51,61H,6-35H2,1-5H3. The van der Waals surface area contributed by atoms with Crippen LogP contribution >= 0.6 is 0 Å². The first-order valence-corrected chi connectivity index (χ1v) is 26.3. The van der Waals surface area contributed by atoms with Crippen molar-refractivity contribution in [1.29, 1.82) is 0 Å². The van der Waals surface area contributed by atoms with Gasteiger partial charge in [0.2, 0.25) is 11.4 Å². The van der Waals surface area contributed by atoms with Crippen molar-refractivity contribution in [3.8, 4) is 0 Å². The summed E-state index contributed by atoms with van der Waals surface area (Å²) in [6, 6.07) is 14.0. The van der Waals surface area contributed by atoms with Crippen molar-refractivity contribution in [1.82, 2.24) is 0 Å². The molecular weight excluding hydrogens is 749 g/mol. The third-order valence-corrected chi connectivity index (χ3v) is 12.3. The van der Waals surface area contributed by atoms with Crippen molar-refractivity contribution in [2.24, 2.45) is 0 Å². The maximum atomic E-state index is 9.83.